The first kappa shape index (κ1) is 16.0. The third-order valence-electron chi connectivity index (χ3n) is 4.06. The molecule has 23 heavy (non-hydrogen) atoms. The molecule has 1 aliphatic rings. The number of rotatable bonds is 4. The lowest BCUT2D eigenvalue weighted by Crippen LogP contribution is -2.35. The van der Waals surface area contributed by atoms with Gasteiger partial charge in [-0.15, -0.1) is 11.3 Å². The summed E-state index contributed by atoms with van der Waals surface area (Å²) in [5.41, 5.74) is 2.56. The molecular formula is C17H21N3O2S. The van der Waals surface area contributed by atoms with Gasteiger partial charge in [-0.25, -0.2) is 0 Å². The molecule has 0 saturated carbocycles. The van der Waals surface area contributed by atoms with E-state index in [-0.39, 0.29) is 5.91 Å². The fourth-order valence-corrected chi connectivity index (χ4v) is 3.45. The van der Waals surface area contributed by atoms with Gasteiger partial charge >= 0.3 is 0 Å². The van der Waals surface area contributed by atoms with Gasteiger partial charge in [0, 0.05) is 49.4 Å². The molecule has 0 radical (unpaired) electrons. The van der Waals surface area contributed by atoms with Crippen LogP contribution >= 0.6 is 11.3 Å². The second-order valence-electron chi connectivity index (χ2n) is 5.62. The Hall–Kier alpha value is -1.92. The zero-order valence-corrected chi connectivity index (χ0v) is 14.1. The predicted molar refractivity (Wildman–Crippen MR) is 90.9 cm³/mol. The van der Waals surface area contributed by atoms with Crippen molar-refractivity contribution in [2.24, 2.45) is 0 Å². The van der Waals surface area contributed by atoms with Crippen molar-refractivity contribution in [3.63, 3.8) is 0 Å². The molecule has 1 fully saturated rings. The van der Waals surface area contributed by atoms with Gasteiger partial charge in [-0.1, -0.05) is 6.07 Å². The van der Waals surface area contributed by atoms with Gasteiger partial charge in [-0.05, 0) is 24.6 Å². The molecule has 0 aliphatic carbocycles. The van der Waals surface area contributed by atoms with Crippen molar-refractivity contribution in [2.45, 2.75) is 13.0 Å². The normalized spacial score (nSPS) is 16.1. The Balaban J connectivity index is 1.61. The third kappa shape index (κ3) is 4.09. The van der Waals surface area contributed by atoms with Gasteiger partial charge in [0.15, 0.2) is 0 Å². The Kier molecular flexibility index (Phi) is 5.25. The van der Waals surface area contributed by atoms with E-state index in [9.17, 15) is 4.79 Å². The lowest BCUT2D eigenvalue weighted by atomic mass is 10.2. The SMILES string of the molecule is COc1cccc(C(=O)N2CCCN(Cc3cncs3)CC2)c1. The van der Waals surface area contributed by atoms with Crippen molar-refractivity contribution in [1.29, 1.82) is 0 Å². The highest BCUT2D eigenvalue weighted by atomic mass is 32.1. The number of hydrogen-bond acceptors (Lipinski definition) is 5. The predicted octanol–water partition coefficient (Wildman–Crippen LogP) is 2.50. The molecule has 0 bridgehead atoms. The molecule has 1 amide bonds. The molecule has 1 saturated heterocycles. The number of aromatic nitrogens is 1. The summed E-state index contributed by atoms with van der Waals surface area (Å²) in [6, 6.07) is 7.38. The average molecular weight is 331 g/mol. The summed E-state index contributed by atoms with van der Waals surface area (Å²) in [4.78, 5) is 22.4. The van der Waals surface area contributed by atoms with Crippen molar-refractivity contribution in [3.8, 4) is 5.75 Å². The number of methoxy groups -OCH3 is 1. The zero-order chi connectivity index (χ0) is 16.1. The van der Waals surface area contributed by atoms with E-state index in [1.807, 2.05) is 40.9 Å². The van der Waals surface area contributed by atoms with Crippen LogP contribution in [-0.2, 0) is 6.54 Å². The monoisotopic (exact) mass is 331 g/mol. The van der Waals surface area contributed by atoms with E-state index in [1.165, 1.54) is 4.88 Å². The number of amides is 1. The minimum Gasteiger partial charge on any atom is -0.497 e. The number of hydrogen-bond donors (Lipinski definition) is 0. The number of ether oxygens (including phenoxy) is 1. The second kappa shape index (κ2) is 7.57. The van der Waals surface area contributed by atoms with E-state index in [4.69, 9.17) is 4.74 Å². The van der Waals surface area contributed by atoms with Crippen molar-refractivity contribution in [2.75, 3.05) is 33.3 Å². The number of nitrogens with zero attached hydrogens (tertiary/aromatic N) is 3. The molecule has 1 aromatic heterocycles. The van der Waals surface area contributed by atoms with Gasteiger partial charge in [0.2, 0.25) is 0 Å². The topological polar surface area (TPSA) is 45.7 Å². The van der Waals surface area contributed by atoms with Crippen LogP contribution < -0.4 is 4.74 Å². The molecule has 0 unspecified atom stereocenters. The largest absolute Gasteiger partial charge is 0.497 e. The minimum absolute atomic E-state index is 0.0866. The molecular weight excluding hydrogens is 310 g/mol. The molecule has 6 heteroatoms. The molecule has 1 aromatic carbocycles. The van der Waals surface area contributed by atoms with Gasteiger partial charge in [-0.2, -0.15) is 0 Å². The Bertz CT molecular complexity index is 645. The number of thiazole rings is 1. The Morgan fingerprint density at radius 1 is 1.30 bits per heavy atom. The maximum Gasteiger partial charge on any atom is 0.254 e. The maximum atomic E-state index is 12.7. The van der Waals surface area contributed by atoms with Crippen LogP contribution in [0.3, 0.4) is 0 Å². The van der Waals surface area contributed by atoms with Gasteiger partial charge in [-0.3, -0.25) is 14.7 Å². The van der Waals surface area contributed by atoms with Gasteiger partial charge in [0.1, 0.15) is 5.75 Å². The average Bonchev–Trinajstić information content (AvgIpc) is 2.99. The van der Waals surface area contributed by atoms with Crippen LogP contribution in [0.5, 0.6) is 5.75 Å². The van der Waals surface area contributed by atoms with Crippen LogP contribution in [0.4, 0.5) is 0 Å². The Labute approximate surface area is 140 Å². The zero-order valence-electron chi connectivity index (χ0n) is 13.3. The summed E-state index contributed by atoms with van der Waals surface area (Å²) in [6.07, 6.45) is 2.92. The van der Waals surface area contributed by atoms with E-state index in [0.29, 0.717) is 5.56 Å². The molecule has 0 spiro atoms. The van der Waals surface area contributed by atoms with Crippen LogP contribution in [0.2, 0.25) is 0 Å². The van der Waals surface area contributed by atoms with Crippen LogP contribution in [0.1, 0.15) is 21.7 Å². The van der Waals surface area contributed by atoms with E-state index in [2.05, 4.69) is 9.88 Å². The number of benzene rings is 1. The first-order valence-electron chi connectivity index (χ1n) is 7.79. The summed E-state index contributed by atoms with van der Waals surface area (Å²) >= 11 is 1.68. The quantitative estimate of drug-likeness (QED) is 0.863. The molecule has 122 valence electrons. The first-order valence-corrected chi connectivity index (χ1v) is 8.67. The van der Waals surface area contributed by atoms with Crippen LogP contribution in [-0.4, -0.2) is 54.0 Å². The molecule has 0 N–H and O–H groups in total. The molecule has 0 atom stereocenters. The van der Waals surface area contributed by atoms with Gasteiger partial charge in [0.05, 0.1) is 12.6 Å². The highest BCUT2D eigenvalue weighted by Crippen LogP contribution is 2.17. The van der Waals surface area contributed by atoms with Crippen molar-refractivity contribution >= 4 is 17.2 Å². The lowest BCUT2D eigenvalue weighted by molar-refractivity contribution is 0.0761. The lowest BCUT2D eigenvalue weighted by Gasteiger charge is -2.22. The molecule has 1 aliphatic heterocycles. The van der Waals surface area contributed by atoms with Gasteiger partial charge in [0.25, 0.3) is 5.91 Å². The summed E-state index contributed by atoms with van der Waals surface area (Å²) < 4.78 is 5.21. The fraction of sp³-hybridized carbons (Fsp3) is 0.412. The third-order valence-corrected chi connectivity index (χ3v) is 4.82. The van der Waals surface area contributed by atoms with E-state index in [0.717, 1.165) is 44.9 Å². The summed E-state index contributed by atoms with van der Waals surface area (Å²) in [6.45, 7) is 4.39. The highest BCUT2D eigenvalue weighted by Gasteiger charge is 2.20. The second-order valence-corrected chi connectivity index (χ2v) is 6.59. The van der Waals surface area contributed by atoms with Crippen molar-refractivity contribution < 1.29 is 9.53 Å². The van der Waals surface area contributed by atoms with Gasteiger partial charge < -0.3 is 9.64 Å². The number of carbonyl (C=O) groups excluding carboxylic acids is 1. The maximum absolute atomic E-state index is 12.7. The Morgan fingerprint density at radius 2 is 2.22 bits per heavy atom. The highest BCUT2D eigenvalue weighted by molar-refractivity contribution is 7.09. The summed E-state index contributed by atoms with van der Waals surface area (Å²) in [7, 11) is 1.62. The fourth-order valence-electron chi connectivity index (χ4n) is 2.81. The standard InChI is InChI=1S/C17H21N3O2S/c1-22-15-5-2-4-14(10-15)17(21)20-7-3-6-19(8-9-20)12-16-11-18-13-23-16/h2,4-5,10-11,13H,3,6-9,12H2,1H3. The molecule has 3 rings (SSSR count). The van der Waals surface area contributed by atoms with E-state index < -0.39 is 0 Å². The van der Waals surface area contributed by atoms with Crippen LogP contribution in [0, 0.1) is 0 Å². The van der Waals surface area contributed by atoms with Crippen molar-refractivity contribution in [1.82, 2.24) is 14.8 Å². The number of carbonyl (C=O) groups is 1. The molecule has 5 nitrogen and oxygen atoms in total. The van der Waals surface area contributed by atoms with Crippen molar-refractivity contribution in [3.05, 3.63) is 46.4 Å². The first-order chi connectivity index (χ1) is 11.3. The minimum atomic E-state index is 0.0866. The van der Waals surface area contributed by atoms with E-state index in [1.54, 1.807) is 18.4 Å². The smallest absolute Gasteiger partial charge is 0.254 e. The summed E-state index contributed by atoms with van der Waals surface area (Å²) in [5.74, 6) is 0.807. The summed E-state index contributed by atoms with van der Waals surface area (Å²) in [5, 5.41) is 0. The van der Waals surface area contributed by atoms with E-state index >= 15 is 0 Å². The Morgan fingerprint density at radius 3 is 3.00 bits per heavy atom. The van der Waals surface area contributed by atoms with Crippen LogP contribution in [0.25, 0.3) is 0 Å². The molecule has 2 heterocycles. The molecule has 2 aromatic rings. The van der Waals surface area contributed by atoms with Crippen LogP contribution in [0.15, 0.2) is 36.0 Å².